The van der Waals surface area contributed by atoms with E-state index in [9.17, 15) is 0 Å². The molecule has 0 radical (unpaired) electrons. The molecule has 0 bridgehead atoms. The summed E-state index contributed by atoms with van der Waals surface area (Å²) in [6.07, 6.45) is 0. The van der Waals surface area contributed by atoms with Gasteiger partial charge in [0.2, 0.25) is 0 Å². The van der Waals surface area contributed by atoms with Gasteiger partial charge in [-0.3, -0.25) is 4.57 Å². The molecular weight excluding hydrogens is 282 g/mol. The number of nitriles is 1. The molecule has 0 unspecified atom stereocenters. The SMILES string of the molecule is Cc1ccc(-n2c(CCl)nc3ccc(C#N)cc32)c(C)c1. The van der Waals surface area contributed by atoms with Crippen molar-refractivity contribution in [1.29, 1.82) is 5.26 Å². The molecule has 0 saturated carbocycles. The third-order valence-corrected chi connectivity index (χ3v) is 3.80. The molecule has 0 saturated heterocycles. The average molecular weight is 296 g/mol. The van der Waals surface area contributed by atoms with Crippen LogP contribution in [-0.2, 0) is 5.88 Å². The second kappa shape index (κ2) is 5.23. The van der Waals surface area contributed by atoms with Crippen LogP contribution in [0.1, 0.15) is 22.5 Å². The summed E-state index contributed by atoms with van der Waals surface area (Å²) in [5, 5.41) is 9.11. The van der Waals surface area contributed by atoms with E-state index in [1.165, 1.54) is 5.56 Å². The first-order chi connectivity index (χ1) is 10.1. The number of imidazole rings is 1. The normalized spacial score (nSPS) is 10.8. The van der Waals surface area contributed by atoms with Gasteiger partial charge in [-0.1, -0.05) is 17.7 Å². The van der Waals surface area contributed by atoms with Gasteiger partial charge in [0.25, 0.3) is 0 Å². The Bertz CT molecular complexity index is 872. The van der Waals surface area contributed by atoms with Crippen LogP contribution < -0.4 is 0 Å². The van der Waals surface area contributed by atoms with Crippen LogP contribution >= 0.6 is 11.6 Å². The van der Waals surface area contributed by atoms with E-state index < -0.39 is 0 Å². The molecule has 104 valence electrons. The Morgan fingerprint density at radius 1 is 1.19 bits per heavy atom. The number of halogens is 1. The van der Waals surface area contributed by atoms with Crippen LogP contribution in [0.4, 0.5) is 0 Å². The summed E-state index contributed by atoms with van der Waals surface area (Å²) in [6.45, 7) is 4.14. The predicted molar refractivity (Wildman–Crippen MR) is 84.8 cm³/mol. The Kier molecular flexibility index (Phi) is 3.40. The highest BCUT2D eigenvalue weighted by atomic mass is 35.5. The molecule has 0 spiro atoms. The summed E-state index contributed by atoms with van der Waals surface area (Å²) < 4.78 is 2.04. The maximum atomic E-state index is 9.11. The van der Waals surface area contributed by atoms with Gasteiger partial charge < -0.3 is 0 Å². The molecule has 3 aromatic rings. The molecule has 1 heterocycles. The monoisotopic (exact) mass is 295 g/mol. The van der Waals surface area contributed by atoms with E-state index >= 15 is 0 Å². The highest BCUT2D eigenvalue weighted by Crippen LogP contribution is 2.26. The van der Waals surface area contributed by atoms with Crippen molar-refractivity contribution >= 4 is 22.6 Å². The van der Waals surface area contributed by atoms with Gasteiger partial charge in [0, 0.05) is 0 Å². The molecule has 2 aromatic carbocycles. The molecule has 0 atom stereocenters. The number of nitrogens with zero attached hydrogens (tertiary/aromatic N) is 3. The van der Waals surface area contributed by atoms with Crippen LogP contribution in [-0.4, -0.2) is 9.55 Å². The van der Waals surface area contributed by atoms with E-state index in [0.717, 1.165) is 28.1 Å². The van der Waals surface area contributed by atoms with Crippen molar-refractivity contribution in [3.05, 3.63) is 58.9 Å². The maximum Gasteiger partial charge on any atom is 0.129 e. The Morgan fingerprint density at radius 3 is 2.67 bits per heavy atom. The van der Waals surface area contributed by atoms with E-state index in [-0.39, 0.29) is 0 Å². The lowest BCUT2D eigenvalue weighted by Gasteiger charge is -2.12. The minimum absolute atomic E-state index is 0.323. The van der Waals surface area contributed by atoms with Crippen LogP contribution in [0.2, 0.25) is 0 Å². The van der Waals surface area contributed by atoms with E-state index in [1.54, 1.807) is 6.07 Å². The van der Waals surface area contributed by atoms with Crippen LogP contribution in [0.3, 0.4) is 0 Å². The third kappa shape index (κ3) is 2.28. The second-order valence-corrected chi connectivity index (χ2v) is 5.37. The van der Waals surface area contributed by atoms with Crippen molar-refractivity contribution < 1.29 is 0 Å². The highest BCUT2D eigenvalue weighted by molar-refractivity contribution is 6.17. The molecule has 3 nitrogen and oxygen atoms in total. The van der Waals surface area contributed by atoms with Crippen molar-refractivity contribution in [3.63, 3.8) is 0 Å². The van der Waals surface area contributed by atoms with Crippen LogP contribution in [0.25, 0.3) is 16.7 Å². The number of aryl methyl sites for hydroxylation is 2. The average Bonchev–Trinajstić information content (AvgIpc) is 2.84. The molecule has 0 aliphatic carbocycles. The number of benzene rings is 2. The fourth-order valence-corrected chi connectivity index (χ4v) is 2.79. The topological polar surface area (TPSA) is 41.6 Å². The Balaban J connectivity index is 2.36. The number of aromatic nitrogens is 2. The first kappa shape index (κ1) is 13.7. The summed E-state index contributed by atoms with van der Waals surface area (Å²) >= 11 is 6.06. The molecule has 1 aromatic heterocycles. The summed E-state index contributed by atoms with van der Waals surface area (Å²) in [7, 11) is 0. The summed E-state index contributed by atoms with van der Waals surface area (Å²) in [4.78, 5) is 4.57. The van der Waals surface area contributed by atoms with E-state index in [0.29, 0.717) is 11.4 Å². The zero-order chi connectivity index (χ0) is 15.0. The summed E-state index contributed by atoms with van der Waals surface area (Å²) in [5.74, 6) is 1.11. The van der Waals surface area contributed by atoms with Gasteiger partial charge in [-0.2, -0.15) is 5.26 Å². The molecule has 4 heteroatoms. The van der Waals surface area contributed by atoms with Crippen LogP contribution in [0.5, 0.6) is 0 Å². The molecule has 0 amide bonds. The van der Waals surface area contributed by atoms with Gasteiger partial charge >= 0.3 is 0 Å². The second-order valence-electron chi connectivity index (χ2n) is 5.10. The smallest absolute Gasteiger partial charge is 0.129 e. The van der Waals surface area contributed by atoms with Gasteiger partial charge in [0.05, 0.1) is 34.2 Å². The van der Waals surface area contributed by atoms with Gasteiger partial charge in [0.15, 0.2) is 0 Å². The molecule has 0 N–H and O–H groups in total. The molecule has 0 fully saturated rings. The zero-order valence-corrected chi connectivity index (χ0v) is 12.6. The number of fused-ring (bicyclic) bond motifs is 1. The van der Waals surface area contributed by atoms with E-state index in [2.05, 4.69) is 43.1 Å². The zero-order valence-electron chi connectivity index (χ0n) is 11.9. The van der Waals surface area contributed by atoms with Crippen LogP contribution in [0.15, 0.2) is 36.4 Å². The lowest BCUT2D eigenvalue weighted by Crippen LogP contribution is -2.02. The lowest BCUT2D eigenvalue weighted by atomic mass is 10.1. The lowest BCUT2D eigenvalue weighted by molar-refractivity contribution is 0.971. The number of alkyl halides is 1. The molecule has 3 rings (SSSR count). The number of hydrogen-bond donors (Lipinski definition) is 0. The fourth-order valence-electron chi connectivity index (χ4n) is 2.61. The fraction of sp³-hybridized carbons (Fsp3) is 0.176. The first-order valence-electron chi connectivity index (χ1n) is 6.69. The third-order valence-electron chi connectivity index (χ3n) is 3.57. The molecule has 0 aliphatic rings. The van der Waals surface area contributed by atoms with Crippen molar-refractivity contribution in [2.75, 3.05) is 0 Å². The minimum Gasteiger partial charge on any atom is -0.295 e. The Morgan fingerprint density at radius 2 is 2.00 bits per heavy atom. The number of hydrogen-bond acceptors (Lipinski definition) is 2. The van der Waals surface area contributed by atoms with Gasteiger partial charge in [-0.25, -0.2) is 4.98 Å². The highest BCUT2D eigenvalue weighted by Gasteiger charge is 2.14. The molecule has 21 heavy (non-hydrogen) atoms. The van der Waals surface area contributed by atoms with Gasteiger partial charge in [-0.15, -0.1) is 11.6 Å². The largest absolute Gasteiger partial charge is 0.295 e. The Labute approximate surface area is 128 Å². The van der Waals surface area contributed by atoms with Crippen molar-refractivity contribution in [3.8, 4) is 11.8 Å². The minimum atomic E-state index is 0.323. The van der Waals surface area contributed by atoms with Gasteiger partial charge in [0.1, 0.15) is 5.82 Å². The maximum absolute atomic E-state index is 9.11. The van der Waals surface area contributed by atoms with Crippen molar-refractivity contribution in [1.82, 2.24) is 9.55 Å². The van der Waals surface area contributed by atoms with Crippen molar-refractivity contribution in [2.24, 2.45) is 0 Å². The van der Waals surface area contributed by atoms with E-state index in [4.69, 9.17) is 16.9 Å². The Hall–Kier alpha value is -2.31. The summed E-state index contributed by atoms with van der Waals surface area (Å²) in [6, 6.07) is 13.9. The van der Waals surface area contributed by atoms with Crippen LogP contribution in [0, 0.1) is 25.2 Å². The van der Waals surface area contributed by atoms with Crippen molar-refractivity contribution in [2.45, 2.75) is 19.7 Å². The van der Waals surface area contributed by atoms with E-state index in [1.807, 2.05) is 16.7 Å². The molecular formula is C17H14ClN3. The van der Waals surface area contributed by atoms with Gasteiger partial charge in [-0.05, 0) is 43.7 Å². The number of rotatable bonds is 2. The standard InChI is InChI=1S/C17H14ClN3/c1-11-3-6-15(12(2)7-11)21-16-8-13(10-19)4-5-14(16)20-17(21)9-18/h3-8H,9H2,1-2H3. The summed E-state index contributed by atoms with van der Waals surface area (Å²) in [5.41, 5.74) is 5.80. The first-order valence-corrected chi connectivity index (χ1v) is 7.22. The molecule has 0 aliphatic heterocycles. The predicted octanol–water partition coefficient (Wildman–Crippen LogP) is 4.25. The quantitative estimate of drug-likeness (QED) is 0.663.